The molecule has 2 aliphatic rings. The molecule has 0 spiro atoms. The molecule has 0 radical (unpaired) electrons. The van der Waals surface area contributed by atoms with Gasteiger partial charge in [-0.05, 0) is 13.8 Å². The molecular formula is C8H14O5. The van der Waals surface area contributed by atoms with Crippen molar-refractivity contribution >= 4 is 0 Å². The lowest BCUT2D eigenvalue weighted by molar-refractivity contribution is -0.218. The summed E-state index contributed by atoms with van der Waals surface area (Å²) in [6.45, 7) is 3.30. The molecule has 0 bridgehead atoms. The molecule has 2 saturated heterocycles. The average molecular weight is 190 g/mol. The van der Waals surface area contributed by atoms with E-state index in [4.69, 9.17) is 19.3 Å². The van der Waals surface area contributed by atoms with Gasteiger partial charge in [0.15, 0.2) is 12.1 Å². The van der Waals surface area contributed by atoms with Gasteiger partial charge in [0.05, 0.1) is 6.61 Å². The van der Waals surface area contributed by atoms with E-state index >= 15 is 0 Å². The van der Waals surface area contributed by atoms with Gasteiger partial charge in [-0.25, -0.2) is 0 Å². The number of rotatable bonds is 1. The monoisotopic (exact) mass is 190 g/mol. The highest BCUT2D eigenvalue weighted by Crippen LogP contribution is 2.36. The molecule has 5 nitrogen and oxygen atoms in total. The van der Waals surface area contributed by atoms with Crippen LogP contribution in [0.1, 0.15) is 13.8 Å². The van der Waals surface area contributed by atoms with Gasteiger partial charge in [-0.3, -0.25) is 0 Å². The zero-order valence-electron chi connectivity index (χ0n) is 7.64. The molecule has 2 fully saturated rings. The van der Waals surface area contributed by atoms with Gasteiger partial charge in [-0.1, -0.05) is 0 Å². The van der Waals surface area contributed by atoms with Crippen molar-refractivity contribution in [2.75, 3.05) is 6.61 Å². The third-order valence-electron chi connectivity index (χ3n) is 2.29. The van der Waals surface area contributed by atoms with Crippen LogP contribution in [0, 0.1) is 0 Å². The van der Waals surface area contributed by atoms with Crippen LogP contribution in [0.25, 0.3) is 0 Å². The maximum absolute atomic E-state index is 9.60. The van der Waals surface area contributed by atoms with E-state index in [2.05, 4.69) is 0 Å². The first kappa shape index (κ1) is 9.36. The van der Waals surface area contributed by atoms with Gasteiger partial charge in [0.25, 0.3) is 0 Å². The van der Waals surface area contributed by atoms with Gasteiger partial charge in [0.2, 0.25) is 0 Å². The predicted molar refractivity (Wildman–Crippen MR) is 41.8 cm³/mol. The van der Waals surface area contributed by atoms with Crippen molar-refractivity contribution < 1.29 is 24.4 Å². The van der Waals surface area contributed by atoms with Crippen molar-refractivity contribution in [2.24, 2.45) is 0 Å². The smallest absolute Gasteiger partial charge is 0.190 e. The van der Waals surface area contributed by atoms with E-state index in [1.165, 1.54) is 0 Å². The van der Waals surface area contributed by atoms with Crippen LogP contribution in [0.2, 0.25) is 0 Å². The molecule has 13 heavy (non-hydrogen) atoms. The Morgan fingerprint density at radius 2 is 2.00 bits per heavy atom. The fraction of sp³-hybridized carbons (Fsp3) is 1.00. The first-order valence-electron chi connectivity index (χ1n) is 4.33. The average Bonchev–Trinajstić information content (AvgIpc) is 2.47. The summed E-state index contributed by atoms with van der Waals surface area (Å²) in [4.78, 5) is 0. The molecule has 76 valence electrons. The Bertz CT molecular complexity index is 205. The largest absolute Gasteiger partial charge is 0.394 e. The van der Waals surface area contributed by atoms with Crippen molar-refractivity contribution in [3.8, 4) is 0 Å². The fourth-order valence-corrected chi connectivity index (χ4v) is 1.71. The van der Waals surface area contributed by atoms with Crippen LogP contribution in [0.3, 0.4) is 0 Å². The van der Waals surface area contributed by atoms with Crippen LogP contribution in [-0.4, -0.2) is 47.2 Å². The molecule has 0 unspecified atom stereocenters. The Kier molecular flexibility index (Phi) is 2.08. The van der Waals surface area contributed by atoms with Gasteiger partial charge in [-0.2, -0.15) is 0 Å². The lowest BCUT2D eigenvalue weighted by atomic mass is 10.1. The van der Waals surface area contributed by atoms with Gasteiger partial charge in [0, 0.05) is 0 Å². The van der Waals surface area contributed by atoms with Crippen molar-refractivity contribution in [1.29, 1.82) is 0 Å². The number of fused-ring (bicyclic) bond motifs is 1. The van der Waals surface area contributed by atoms with Gasteiger partial charge in [0.1, 0.15) is 18.3 Å². The molecule has 0 aliphatic carbocycles. The van der Waals surface area contributed by atoms with Crippen LogP contribution in [0.15, 0.2) is 0 Å². The van der Waals surface area contributed by atoms with Crippen molar-refractivity contribution in [3.63, 3.8) is 0 Å². The van der Waals surface area contributed by atoms with Gasteiger partial charge >= 0.3 is 0 Å². The molecule has 0 saturated carbocycles. The van der Waals surface area contributed by atoms with Crippen LogP contribution in [0.5, 0.6) is 0 Å². The van der Waals surface area contributed by atoms with E-state index in [1.807, 2.05) is 0 Å². The van der Waals surface area contributed by atoms with Crippen LogP contribution in [-0.2, 0) is 14.2 Å². The number of hydrogen-bond donors (Lipinski definition) is 2. The molecule has 4 atom stereocenters. The highest BCUT2D eigenvalue weighted by Gasteiger charge is 2.53. The maximum atomic E-state index is 9.60. The minimum Gasteiger partial charge on any atom is -0.394 e. The molecule has 2 heterocycles. The summed E-state index contributed by atoms with van der Waals surface area (Å²) in [6.07, 6.45) is -2.43. The zero-order chi connectivity index (χ0) is 9.64. The lowest BCUT2D eigenvalue weighted by Crippen LogP contribution is -2.36. The Morgan fingerprint density at radius 1 is 1.31 bits per heavy atom. The third-order valence-corrected chi connectivity index (χ3v) is 2.29. The second kappa shape index (κ2) is 2.90. The molecular weight excluding hydrogens is 176 g/mol. The first-order valence-corrected chi connectivity index (χ1v) is 4.33. The second-order valence-corrected chi connectivity index (χ2v) is 3.82. The third kappa shape index (κ3) is 1.47. The Labute approximate surface area is 76.2 Å². The summed E-state index contributed by atoms with van der Waals surface area (Å²) in [7, 11) is 0. The lowest BCUT2D eigenvalue weighted by Gasteiger charge is -2.21. The highest BCUT2D eigenvalue weighted by atomic mass is 16.8. The van der Waals surface area contributed by atoms with Crippen LogP contribution in [0.4, 0.5) is 0 Å². The van der Waals surface area contributed by atoms with Crippen molar-refractivity contribution in [1.82, 2.24) is 0 Å². The Balaban J connectivity index is 2.07. The summed E-state index contributed by atoms with van der Waals surface area (Å²) in [5, 5.41) is 18.4. The zero-order valence-corrected chi connectivity index (χ0v) is 7.64. The molecule has 0 aromatic heterocycles. The van der Waals surface area contributed by atoms with Gasteiger partial charge in [-0.15, -0.1) is 0 Å². The van der Waals surface area contributed by atoms with E-state index in [9.17, 15) is 5.11 Å². The molecule has 0 aromatic rings. The highest BCUT2D eigenvalue weighted by molar-refractivity contribution is 4.92. The summed E-state index contributed by atoms with van der Waals surface area (Å²) in [5.41, 5.74) is 0. The fourth-order valence-electron chi connectivity index (χ4n) is 1.71. The van der Waals surface area contributed by atoms with Crippen LogP contribution < -0.4 is 0 Å². The first-order chi connectivity index (χ1) is 6.03. The maximum Gasteiger partial charge on any atom is 0.190 e. The van der Waals surface area contributed by atoms with Crippen molar-refractivity contribution in [2.45, 2.75) is 44.2 Å². The van der Waals surface area contributed by atoms with E-state index in [0.717, 1.165) is 0 Å². The topological polar surface area (TPSA) is 68.2 Å². The van der Waals surface area contributed by atoms with E-state index in [0.29, 0.717) is 0 Å². The standard InChI is InChI=1S/C8H14O5/c1-8(2)12-6-5(10)4(3-9)11-7(6)13-8/h4-7,9-10H,3H2,1-2H3/t4-,5-,6+,7-/m1/s1. The molecule has 0 amide bonds. The van der Waals surface area contributed by atoms with E-state index in [1.54, 1.807) is 13.8 Å². The quantitative estimate of drug-likeness (QED) is 0.567. The summed E-state index contributed by atoms with van der Waals surface area (Å²) in [5.74, 6) is -0.712. The second-order valence-electron chi connectivity index (χ2n) is 3.82. The normalized spacial score (nSPS) is 48.0. The van der Waals surface area contributed by atoms with Gasteiger partial charge < -0.3 is 24.4 Å². The SMILES string of the molecule is CC1(C)O[C@H]2O[C@H](CO)[C@@H](O)[C@@H]2O1. The number of aliphatic hydroxyl groups excluding tert-OH is 2. The minimum atomic E-state index is -0.809. The molecule has 2 aliphatic heterocycles. The molecule has 2 rings (SSSR count). The number of aliphatic hydroxyl groups is 2. The Hall–Kier alpha value is -0.200. The van der Waals surface area contributed by atoms with E-state index in [-0.39, 0.29) is 6.61 Å². The molecule has 0 aromatic carbocycles. The van der Waals surface area contributed by atoms with Crippen molar-refractivity contribution in [3.05, 3.63) is 0 Å². The number of ether oxygens (including phenoxy) is 3. The molecule has 5 heteroatoms. The summed E-state index contributed by atoms with van der Waals surface area (Å²) in [6, 6.07) is 0. The predicted octanol–water partition coefficient (Wildman–Crippen LogP) is -0.784. The summed E-state index contributed by atoms with van der Waals surface area (Å²) < 4.78 is 16.0. The minimum absolute atomic E-state index is 0.221. The summed E-state index contributed by atoms with van der Waals surface area (Å²) >= 11 is 0. The number of hydrogen-bond acceptors (Lipinski definition) is 5. The Morgan fingerprint density at radius 3 is 2.54 bits per heavy atom. The van der Waals surface area contributed by atoms with E-state index < -0.39 is 30.4 Å². The molecule has 2 N–H and O–H groups in total. The van der Waals surface area contributed by atoms with Crippen LogP contribution >= 0.6 is 0 Å².